The van der Waals surface area contributed by atoms with Gasteiger partial charge in [-0.1, -0.05) is 5.10 Å². The van der Waals surface area contributed by atoms with Crippen molar-refractivity contribution < 1.29 is 106 Å². The first kappa shape index (κ1) is 12.8. The average molecular weight is 165 g/mol. The van der Waals surface area contributed by atoms with Crippen LogP contribution >= 0.6 is 0 Å². The van der Waals surface area contributed by atoms with Crippen LogP contribution in [0.1, 0.15) is 2.85 Å². The van der Waals surface area contributed by atoms with Gasteiger partial charge in [0.15, 0.2) is 0 Å². The number of hydrogen-bond donors (Lipinski definition) is 2. The van der Waals surface area contributed by atoms with Gasteiger partial charge in [0.25, 0.3) is 5.95 Å². The second-order valence-corrected chi connectivity index (χ2v) is 0.770. The summed E-state index contributed by atoms with van der Waals surface area (Å²) >= 11 is 0. The molecule has 0 amide bonds. The van der Waals surface area contributed by atoms with Crippen molar-refractivity contribution in [3.8, 4) is 0 Å². The zero-order valence-corrected chi connectivity index (χ0v) is 11.2. The predicted molar refractivity (Wildman–Crippen MR) is 20.8 cm³/mol. The summed E-state index contributed by atoms with van der Waals surface area (Å²) in [5, 5.41) is 12.0. The van der Waals surface area contributed by atoms with Crippen LogP contribution in [-0.2, 0) is 0 Å². The Bertz CT molecular complexity index is 121. The van der Waals surface area contributed by atoms with Crippen LogP contribution in [-0.4, -0.2) is 20.6 Å². The molecule has 0 aliphatic rings. The minimum Gasteiger partial charge on any atom is -1.00 e. The normalized spacial score (nSPS) is 6.50. The summed E-state index contributed by atoms with van der Waals surface area (Å²) in [4.78, 5) is 0. The Labute approximate surface area is 134 Å². The van der Waals surface area contributed by atoms with E-state index >= 15 is 0 Å². The zero-order valence-electron chi connectivity index (χ0n) is 6.92. The molecule has 8 heavy (non-hydrogen) atoms. The van der Waals surface area contributed by atoms with Gasteiger partial charge in [-0.3, -0.25) is 0 Å². The van der Waals surface area contributed by atoms with Crippen molar-refractivity contribution in [2.45, 2.75) is 0 Å². The number of rotatable bonds is 0. The number of anilines is 1. The van der Waals surface area contributed by atoms with Gasteiger partial charge in [0.1, 0.15) is 0 Å². The van der Waals surface area contributed by atoms with Gasteiger partial charge in [-0.2, -0.15) is 5.21 Å². The average Bonchev–Trinajstić information content (AvgIpc) is 1.86. The molecule has 0 unspecified atom stereocenters. The fourth-order valence-corrected chi connectivity index (χ4v) is 0.170. The van der Waals surface area contributed by atoms with Crippen molar-refractivity contribution in [2.75, 3.05) is 5.73 Å². The molecular weight excluding hydrogens is 160 g/mol. The molecule has 1 aromatic heterocycles. The molecule has 0 aliphatic carbocycles. The van der Waals surface area contributed by atoms with E-state index in [4.69, 9.17) is 5.73 Å². The molecule has 1 rings (SSSR count). The summed E-state index contributed by atoms with van der Waals surface area (Å²) in [7, 11) is 0. The molecule has 0 saturated carbocycles. The molecule has 0 aromatic carbocycles. The summed E-state index contributed by atoms with van der Waals surface area (Å²) in [6.07, 6.45) is 0. The number of nitrogen functional groups attached to an aromatic ring is 1. The molecule has 3 N–H and O–H groups in total. The van der Waals surface area contributed by atoms with Gasteiger partial charge in [0, 0.05) is 0 Å². The fraction of sp³-hybridized carbons (Fsp3) is 0. The van der Waals surface area contributed by atoms with E-state index in [2.05, 4.69) is 20.6 Å². The van der Waals surface area contributed by atoms with Crippen molar-refractivity contribution in [3.63, 3.8) is 0 Å². The second-order valence-electron chi connectivity index (χ2n) is 0.770. The smallest absolute Gasteiger partial charge is 1.00 e. The van der Waals surface area contributed by atoms with E-state index in [9.17, 15) is 0 Å². The monoisotopic (exact) mass is 165 g/mol. The standard InChI is InChI=1S/CH3N5.2K.2H/c2-1-3-5-6-4-1;;;;/h(H3,2,3,4,5,6);;;;/q;2*+1;2*-1. The fourth-order valence-electron chi connectivity index (χ4n) is 0.170. The Kier molecular flexibility index (Phi) is 11.6. The van der Waals surface area contributed by atoms with Gasteiger partial charge in [-0.05, 0) is 5.21 Å². The summed E-state index contributed by atoms with van der Waals surface area (Å²) < 4.78 is 0. The van der Waals surface area contributed by atoms with Gasteiger partial charge in [0.05, 0.1) is 0 Å². The van der Waals surface area contributed by atoms with Crippen molar-refractivity contribution in [1.82, 2.24) is 20.6 Å². The minimum atomic E-state index is 0. The quantitative estimate of drug-likeness (QED) is 0.374. The molecule has 7 heteroatoms. The zero-order chi connectivity index (χ0) is 4.41. The van der Waals surface area contributed by atoms with E-state index in [1.165, 1.54) is 0 Å². The van der Waals surface area contributed by atoms with Crippen LogP contribution < -0.4 is 109 Å². The van der Waals surface area contributed by atoms with Crippen LogP contribution in [0.2, 0.25) is 0 Å². The summed E-state index contributed by atoms with van der Waals surface area (Å²) in [6, 6.07) is 0. The van der Waals surface area contributed by atoms with Crippen LogP contribution in [0.4, 0.5) is 5.95 Å². The van der Waals surface area contributed by atoms with Crippen LogP contribution in [0.3, 0.4) is 0 Å². The van der Waals surface area contributed by atoms with Crippen molar-refractivity contribution in [2.24, 2.45) is 0 Å². The Morgan fingerprint density at radius 2 is 2.12 bits per heavy atom. The predicted octanol–water partition coefficient (Wildman–Crippen LogP) is -6.99. The van der Waals surface area contributed by atoms with E-state index in [1.54, 1.807) is 0 Å². The van der Waals surface area contributed by atoms with Gasteiger partial charge in [-0.15, -0.1) is 5.10 Å². The number of aromatic amines is 1. The number of tetrazole rings is 1. The molecule has 0 saturated heterocycles. The first-order valence-electron chi connectivity index (χ1n) is 1.38. The number of H-pyrrole nitrogens is 1. The first-order chi connectivity index (χ1) is 2.89. The topological polar surface area (TPSA) is 80.5 Å². The third kappa shape index (κ3) is 4.97. The molecule has 36 valence electrons. The van der Waals surface area contributed by atoms with Crippen molar-refractivity contribution in [3.05, 3.63) is 0 Å². The maximum atomic E-state index is 4.96. The van der Waals surface area contributed by atoms with E-state index < -0.39 is 0 Å². The SMILES string of the molecule is Nc1nn[nH]n1.[H-].[H-].[K+].[K+]. The molecule has 0 atom stereocenters. The van der Waals surface area contributed by atoms with E-state index in [-0.39, 0.29) is 112 Å². The van der Waals surface area contributed by atoms with Crippen LogP contribution in [0.5, 0.6) is 0 Å². The molecule has 0 spiro atoms. The molecule has 0 aliphatic heterocycles. The van der Waals surface area contributed by atoms with Crippen LogP contribution in [0, 0.1) is 0 Å². The number of nitrogens with two attached hydrogens (primary N) is 1. The summed E-state index contributed by atoms with van der Waals surface area (Å²) in [5.41, 5.74) is 4.96. The van der Waals surface area contributed by atoms with Crippen molar-refractivity contribution in [1.29, 1.82) is 0 Å². The van der Waals surface area contributed by atoms with E-state index in [0.29, 0.717) is 0 Å². The van der Waals surface area contributed by atoms with E-state index in [1.807, 2.05) is 0 Å². The number of aromatic nitrogens is 4. The van der Waals surface area contributed by atoms with Crippen LogP contribution in [0.15, 0.2) is 0 Å². The maximum absolute atomic E-state index is 4.96. The molecule has 0 radical (unpaired) electrons. The van der Waals surface area contributed by atoms with Gasteiger partial charge in [-0.25, -0.2) is 0 Å². The third-order valence-corrected chi connectivity index (χ3v) is 0.362. The Morgan fingerprint density at radius 3 is 2.25 bits per heavy atom. The Morgan fingerprint density at radius 1 is 1.50 bits per heavy atom. The van der Waals surface area contributed by atoms with Gasteiger partial charge in [0.2, 0.25) is 0 Å². The summed E-state index contributed by atoms with van der Waals surface area (Å²) in [5.74, 6) is 0.176. The number of nitrogens with one attached hydrogen (secondary N) is 1. The Balaban J connectivity index is -0.0000000450. The molecule has 0 fully saturated rings. The number of hydrogen-bond acceptors (Lipinski definition) is 4. The van der Waals surface area contributed by atoms with Crippen molar-refractivity contribution >= 4 is 5.95 Å². The van der Waals surface area contributed by atoms with Gasteiger partial charge < -0.3 is 8.59 Å². The Hall–Kier alpha value is 2.14. The summed E-state index contributed by atoms with van der Waals surface area (Å²) in [6.45, 7) is 0. The molecule has 0 bridgehead atoms. The largest absolute Gasteiger partial charge is 1.00 e. The maximum Gasteiger partial charge on any atom is 1.00 e. The van der Waals surface area contributed by atoms with Crippen LogP contribution in [0.25, 0.3) is 0 Å². The second kappa shape index (κ2) is 7.25. The third-order valence-electron chi connectivity index (χ3n) is 0.362. The number of nitrogens with zero attached hydrogens (tertiary/aromatic N) is 3. The first-order valence-corrected chi connectivity index (χ1v) is 1.38. The molecule has 1 heterocycles. The van der Waals surface area contributed by atoms with E-state index in [0.717, 1.165) is 0 Å². The molecule has 1 aromatic rings. The molecular formula is CH5K2N5. The van der Waals surface area contributed by atoms with Gasteiger partial charge >= 0.3 is 103 Å². The molecule has 5 nitrogen and oxygen atoms in total. The minimum absolute atomic E-state index is 0.